The molecule has 0 bridgehead atoms. The summed E-state index contributed by atoms with van der Waals surface area (Å²) < 4.78 is 4.86. The van der Waals surface area contributed by atoms with Crippen molar-refractivity contribution >= 4 is 6.09 Å². The molecule has 0 fully saturated rings. The summed E-state index contributed by atoms with van der Waals surface area (Å²) in [5, 5.41) is 10.7. The van der Waals surface area contributed by atoms with Gasteiger partial charge in [-0.05, 0) is 19.4 Å². The Morgan fingerprint density at radius 1 is 1.40 bits per heavy atom. The largest absolute Gasteiger partial charge is 0.624 e. The van der Waals surface area contributed by atoms with Crippen LogP contribution in [-0.4, -0.2) is 12.1 Å². The van der Waals surface area contributed by atoms with Crippen LogP contribution in [0.15, 0.2) is 30.3 Å². The number of quaternary nitrogens is 1. The molecule has 0 aliphatic heterocycles. The second kappa shape index (κ2) is 5.48. The fourth-order valence-electron chi connectivity index (χ4n) is 1.03. The van der Waals surface area contributed by atoms with E-state index in [4.69, 9.17) is 4.74 Å². The lowest BCUT2D eigenvalue weighted by atomic mass is 10.2. The van der Waals surface area contributed by atoms with E-state index in [1.807, 2.05) is 30.3 Å². The maximum atomic E-state index is 11.2. The maximum absolute atomic E-state index is 11.2. The molecular formula is C11H15NO3. The van der Waals surface area contributed by atoms with Crippen LogP contribution in [0.4, 0.5) is 4.79 Å². The predicted molar refractivity (Wildman–Crippen MR) is 56.1 cm³/mol. The van der Waals surface area contributed by atoms with Gasteiger partial charge in [-0.25, -0.2) is 0 Å². The van der Waals surface area contributed by atoms with Gasteiger partial charge in [-0.3, -0.25) is 5.06 Å². The number of hydroxylamine groups is 2. The highest BCUT2D eigenvalue weighted by Gasteiger charge is 2.15. The van der Waals surface area contributed by atoms with Crippen molar-refractivity contribution in [2.75, 3.05) is 0 Å². The summed E-state index contributed by atoms with van der Waals surface area (Å²) in [6.45, 7) is 3.50. The van der Waals surface area contributed by atoms with Crippen molar-refractivity contribution in [1.29, 1.82) is 0 Å². The lowest BCUT2D eigenvalue weighted by Gasteiger charge is -2.22. The molecule has 1 amide bonds. The first-order valence-corrected chi connectivity index (χ1v) is 4.86. The number of hydrogen-bond donors (Lipinski definition) is 1. The number of carbonyl (C=O) groups is 1. The van der Waals surface area contributed by atoms with E-state index in [9.17, 15) is 10.0 Å². The number of amides is 1. The Morgan fingerprint density at radius 2 is 2.00 bits per heavy atom. The second-order valence-corrected chi connectivity index (χ2v) is 3.58. The van der Waals surface area contributed by atoms with E-state index < -0.39 is 11.2 Å². The molecule has 0 aliphatic carbocycles. The normalized spacial score (nSPS) is 12.5. The minimum Gasteiger partial charge on any atom is -0.624 e. The lowest BCUT2D eigenvalue weighted by Crippen LogP contribution is -3.13. The van der Waals surface area contributed by atoms with Crippen LogP contribution >= 0.6 is 0 Å². The SMILES string of the molecule is CC(C)[NH+]([O-])C(=O)OCc1ccccc1. The molecule has 0 radical (unpaired) electrons. The number of alkyl carbamates (subject to hydrolysis) is 1. The molecule has 1 atom stereocenters. The van der Waals surface area contributed by atoms with Crippen LogP contribution in [0.2, 0.25) is 0 Å². The van der Waals surface area contributed by atoms with Crippen molar-refractivity contribution in [3.63, 3.8) is 0 Å². The zero-order valence-corrected chi connectivity index (χ0v) is 8.90. The van der Waals surface area contributed by atoms with Crippen molar-refractivity contribution in [3.05, 3.63) is 41.1 Å². The molecule has 1 N–H and O–H groups in total. The zero-order valence-electron chi connectivity index (χ0n) is 8.90. The van der Waals surface area contributed by atoms with E-state index in [-0.39, 0.29) is 12.6 Å². The van der Waals surface area contributed by atoms with Crippen molar-refractivity contribution in [3.8, 4) is 0 Å². The first-order chi connectivity index (χ1) is 7.11. The van der Waals surface area contributed by atoms with Gasteiger partial charge >= 0.3 is 6.09 Å². The summed E-state index contributed by atoms with van der Waals surface area (Å²) >= 11 is 0. The summed E-state index contributed by atoms with van der Waals surface area (Å²) in [6.07, 6.45) is -0.756. The van der Waals surface area contributed by atoms with Gasteiger partial charge in [0.1, 0.15) is 6.61 Å². The molecule has 0 heterocycles. The Morgan fingerprint density at radius 3 is 2.53 bits per heavy atom. The Balaban J connectivity index is 2.41. The number of hydrogen-bond acceptors (Lipinski definition) is 3. The van der Waals surface area contributed by atoms with E-state index >= 15 is 0 Å². The minimum absolute atomic E-state index is 0.151. The highest BCUT2D eigenvalue weighted by atomic mass is 16.6. The number of carbonyl (C=O) groups excluding carboxylic acids is 1. The summed E-state index contributed by atoms with van der Waals surface area (Å²) in [7, 11) is 0. The van der Waals surface area contributed by atoms with Crippen LogP contribution in [0, 0.1) is 5.21 Å². The Bertz CT molecular complexity index is 311. The van der Waals surface area contributed by atoms with E-state index in [0.717, 1.165) is 5.56 Å². The highest BCUT2D eigenvalue weighted by molar-refractivity contribution is 5.57. The van der Waals surface area contributed by atoms with Gasteiger partial charge < -0.3 is 9.94 Å². The van der Waals surface area contributed by atoms with Gasteiger partial charge in [0.15, 0.2) is 0 Å². The van der Waals surface area contributed by atoms with E-state index in [2.05, 4.69) is 0 Å². The third-order valence-electron chi connectivity index (χ3n) is 1.94. The number of ether oxygens (including phenoxy) is 1. The van der Waals surface area contributed by atoms with Crippen LogP contribution in [0.5, 0.6) is 0 Å². The third kappa shape index (κ3) is 3.69. The molecule has 1 rings (SSSR count). The third-order valence-corrected chi connectivity index (χ3v) is 1.94. The van der Waals surface area contributed by atoms with Crippen molar-refractivity contribution in [2.45, 2.75) is 26.5 Å². The zero-order chi connectivity index (χ0) is 11.3. The monoisotopic (exact) mass is 209 g/mol. The van der Waals surface area contributed by atoms with Gasteiger partial charge in [-0.1, -0.05) is 30.3 Å². The van der Waals surface area contributed by atoms with E-state index in [0.29, 0.717) is 0 Å². The van der Waals surface area contributed by atoms with Crippen LogP contribution in [0.1, 0.15) is 19.4 Å². The summed E-state index contributed by atoms with van der Waals surface area (Å²) in [4.78, 5) is 11.2. The molecule has 15 heavy (non-hydrogen) atoms. The number of nitrogens with one attached hydrogen (secondary N) is 1. The topological polar surface area (TPSA) is 53.8 Å². The number of rotatable bonds is 3. The first kappa shape index (κ1) is 11.7. The molecule has 0 aliphatic rings. The fraction of sp³-hybridized carbons (Fsp3) is 0.364. The average molecular weight is 209 g/mol. The van der Waals surface area contributed by atoms with Gasteiger partial charge in [0.05, 0.1) is 6.04 Å². The standard InChI is InChI=1S/C11H15NO3/c1-9(2)12(14)11(13)15-8-10-6-4-3-5-7-10/h3-7,9,12H,8H2,1-2H3. The van der Waals surface area contributed by atoms with Crippen LogP contribution in [-0.2, 0) is 11.3 Å². The Kier molecular flexibility index (Phi) is 4.27. The quantitative estimate of drug-likeness (QED) is 0.759. The fourth-order valence-corrected chi connectivity index (χ4v) is 1.03. The Hall–Kier alpha value is -1.39. The average Bonchev–Trinajstić information content (AvgIpc) is 2.26. The van der Waals surface area contributed by atoms with Crippen LogP contribution < -0.4 is 5.06 Å². The van der Waals surface area contributed by atoms with Gasteiger partial charge in [-0.2, -0.15) is 4.79 Å². The Labute approximate surface area is 89.0 Å². The van der Waals surface area contributed by atoms with Gasteiger partial charge in [0.25, 0.3) is 0 Å². The number of benzene rings is 1. The van der Waals surface area contributed by atoms with Gasteiger partial charge in [0.2, 0.25) is 0 Å². The lowest BCUT2D eigenvalue weighted by molar-refractivity contribution is -0.793. The molecule has 0 spiro atoms. The molecule has 4 heteroatoms. The summed E-state index contributed by atoms with van der Waals surface area (Å²) in [5.74, 6) is 0. The molecule has 0 saturated heterocycles. The molecule has 4 nitrogen and oxygen atoms in total. The molecule has 82 valence electrons. The highest BCUT2D eigenvalue weighted by Crippen LogP contribution is 1.99. The van der Waals surface area contributed by atoms with Crippen LogP contribution in [0.25, 0.3) is 0 Å². The first-order valence-electron chi connectivity index (χ1n) is 4.86. The molecule has 0 saturated carbocycles. The smallest absolute Gasteiger partial charge is 0.514 e. The minimum atomic E-state index is -0.756. The maximum Gasteiger partial charge on any atom is 0.514 e. The van der Waals surface area contributed by atoms with Gasteiger partial charge in [0, 0.05) is 0 Å². The van der Waals surface area contributed by atoms with Crippen molar-refractivity contribution in [2.24, 2.45) is 0 Å². The van der Waals surface area contributed by atoms with Crippen molar-refractivity contribution < 1.29 is 14.6 Å². The van der Waals surface area contributed by atoms with E-state index in [1.54, 1.807) is 13.8 Å². The summed E-state index contributed by atoms with van der Waals surface area (Å²) in [6, 6.07) is 8.96. The second-order valence-electron chi connectivity index (χ2n) is 3.58. The molecule has 0 aromatic heterocycles. The van der Waals surface area contributed by atoms with Gasteiger partial charge in [-0.15, -0.1) is 0 Å². The molecule has 1 unspecified atom stereocenters. The summed E-state index contributed by atoms with van der Waals surface area (Å²) in [5.41, 5.74) is 0.877. The van der Waals surface area contributed by atoms with E-state index in [1.165, 1.54) is 0 Å². The molecule has 1 aromatic carbocycles. The molecule has 1 aromatic rings. The predicted octanol–water partition coefficient (Wildman–Crippen LogP) is 1.11. The van der Waals surface area contributed by atoms with Crippen molar-refractivity contribution in [1.82, 2.24) is 0 Å². The van der Waals surface area contributed by atoms with Crippen LogP contribution in [0.3, 0.4) is 0 Å². The molecular weight excluding hydrogens is 194 g/mol.